The highest BCUT2D eigenvalue weighted by Gasteiger charge is 2.31. The first-order chi connectivity index (χ1) is 14.8. The van der Waals surface area contributed by atoms with E-state index in [0.29, 0.717) is 18.2 Å². The summed E-state index contributed by atoms with van der Waals surface area (Å²) in [6.07, 6.45) is -4.80. The number of hydrogen-bond donors (Lipinski definition) is 1. The fourth-order valence-electron chi connectivity index (χ4n) is 2.73. The van der Waals surface area contributed by atoms with Crippen molar-refractivity contribution in [1.82, 2.24) is 0 Å². The largest absolute Gasteiger partial charge is 0.435 e. The van der Waals surface area contributed by atoms with Gasteiger partial charge in [0.25, 0.3) is 10.0 Å². The summed E-state index contributed by atoms with van der Waals surface area (Å²) in [5.41, 5.74) is -1.90. The standard InChI is InChI=1S/C20H12F7NO3S/c21-14-6-12(7-15(10-14)31-19(23)24)11-4-5-17(22)18(8-11)28-32(29,30)16-3-1-2-13(9-16)20(25,26)27/h1-10,19,28H. The highest BCUT2D eigenvalue weighted by atomic mass is 32.2. The second-order valence-electron chi connectivity index (χ2n) is 6.38. The topological polar surface area (TPSA) is 55.4 Å². The first-order valence-electron chi connectivity index (χ1n) is 8.60. The Hall–Kier alpha value is -3.28. The summed E-state index contributed by atoms with van der Waals surface area (Å²) in [6, 6.07) is 8.31. The van der Waals surface area contributed by atoms with Crippen LogP contribution in [0.2, 0.25) is 0 Å². The molecule has 12 heteroatoms. The first-order valence-corrected chi connectivity index (χ1v) is 10.1. The quantitative estimate of drug-likeness (QED) is 0.438. The minimum atomic E-state index is -4.80. The van der Waals surface area contributed by atoms with Gasteiger partial charge in [-0.15, -0.1) is 0 Å². The second-order valence-corrected chi connectivity index (χ2v) is 8.06. The van der Waals surface area contributed by atoms with Gasteiger partial charge in [0, 0.05) is 6.07 Å². The number of alkyl halides is 5. The van der Waals surface area contributed by atoms with Crippen molar-refractivity contribution in [2.75, 3.05) is 4.72 Å². The maximum atomic E-state index is 14.2. The molecule has 0 radical (unpaired) electrons. The molecule has 4 nitrogen and oxygen atoms in total. The van der Waals surface area contributed by atoms with E-state index in [2.05, 4.69) is 4.74 Å². The number of halogens is 7. The molecule has 170 valence electrons. The number of ether oxygens (including phenoxy) is 1. The van der Waals surface area contributed by atoms with E-state index in [1.807, 2.05) is 4.72 Å². The van der Waals surface area contributed by atoms with Gasteiger partial charge in [-0.1, -0.05) is 12.1 Å². The smallest absolute Gasteiger partial charge is 0.416 e. The third-order valence-electron chi connectivity index (χ3n) is 4.11. The van der Waals surface area contributed by atoms with Crippen LogP contribution in [0, 0.1) is 11.6 Å². The molecule has 32 heavy (non-hydrogen) atoms. The molecule has 1 N–H and O–H groups in total. The lowest BCUT2D eigenvalue weighted by Gasteiger charge is -2.13. The molecule has 3 aromatic rings. The van der Waals surface area contributed by atoms with Crippen LogP contribution in [0.3, 0.4) is 0 Å². The summed E-state index contributed by atoms with van der Waals surface area (Å²) in [4.78, 5) is -0.768. The van der Waals surface area contributed by atoms with Crippen molar-refractivity contribution < 1.29 is 43.9 Å². The molecule has 0 fully saturated rings. The molecule has 0 aliphatic carbocycles. The minimum Gasteiger partial charge on any atom is -0.435 e. The molecule has 0 heterocycles. The predicted molar refractivity (Wildman–Crippen MR) is 101 cm³/mol. The summed E-state index contributed by atoms with van der Waals surface area (Å²) >= 11 is 0. The third kappa shape index (κ3) is 5.49. The number of sulfonamides is 1. The van der Waals surface area contributed by atoms with Crippen LogP contribution >= 0.6 is 0 Å². The normalized spacial score (nSPS) is 12.1. The number of anilines is 1. The van der Waals surface area contributed by atoms with Crippen molar-refractivity contribution in [3.8, 4) is 16.9 Å². The van der Waals surface area contributed by atoms with Crippen molar-refractivity contribution in [2.24, 2.45) is 0 Å². The highest BCUT2D eigenvalue weighted by molar-refractivity contribution is 7.92. The van der Waals surface area contributed by atoms with Crippen molar-refractivity contribution in [3.63, 3.8) is 0 Å². The number of hydrogen-bond acceptors (Lipinski definition) is 3. The molecule has 0 spiro atoms. The van der Waals surface area contributed by atoms with Gasteiger partial charge in [-0.05, 0) is 53.6 Å². The van der Waals surface area contributed by atoms with E-state index in [1.165, 1.54) is 0 Å². The lowest BCUT2D eigenvalue weighted by atomic mass is 10.0. The molecule has 0 unspecified atom stereocenters. The minimum absolute atomic E-state index is 0.0201. The van der Waals surface area contributed by atoms with Crippen LogP contribution in [0.4, 0.5) is 36.4 Å². The van der Waals surface area contributed by atoms with Gasteiger partial charge in [-0.2, -0.15) is 22.0 Å². The summed E-state index contributed by atoms with van der Waals surface area (Å²) < 4.78 is 122. The monoisotopic (exact) mass is 479 g/mol. The van der Waals surface area contributed by atoms with E-state index in [-0.39, 0.29) is 11.1 Å². The zero-order chi connectivity index (χ0) is 23.7. The molecular weight excluding hydrogens is 467 g/mol. The third-order valence-corrected chi connectivity index (χ3v) is 5.48. The Balaban J connectivity index is 1.98. The molecule has 3 rings (SSSR count). The maximum absolute atomic E-state index is 14.2. The maximum Gasteiger partial charge on any atom is 0.416 e. The summed E-state index contributed by atoms with van der Waals surface area (Å²) in [5, 5.41) is 0. The van der Waals surface area contributed by atoms with Crippen LogP contribution in [-0.4, -0.2) is 15.0 Å². The molecule has 0 amide bonds. The number of benzene rings is 3. The first kappa shape index (κ1) is 23.4. The molecule has 0 aliphatic rings. The lowest BCUT2D eigenvalue weighted by molar-refractivity contribution is -0.137. The van der Waals surface area contributed by atoms with E-state index in [1.54, 1.807) is 0 Å². The fourth-order valence-corrected chi connectivity index (χ4v) is 3.83. The van der Waals surface area contributed by atoms with Crippen LogP contribution in [0.5, 0.6) is 5.75 Å². The number of nitrogens with one attached hydrogen (secondary N) is 1. The van der Waals surface area contributed by atoms with Crippen LogP contribution in [0.1, 0.15) is 5.56 Å². The van der Waals surface area contributed by atoms with Crippen LogP contribution in [-0.2, 0) is 16.2 Å². The summed E-state index contributed by atoms with van der Waals surface area (Å²) in [5.74, 6) is -2.55. The Morgan fingerprint density at radius 1 is 0.875 bits per heavy atom. The van der Waals surface area contributed by atoms with Gasteiger partial charge in [-0.3, -0.25) is 4.72 Å². The molecule has 0 atom stereocenters. The van der Waals surface area contributed by atoms with E-state index in [9.17, 15) is 39.2 Å². The Labute approximate surface area is 177 Å². The second kappa shape index (κ2) is 8.69. The Morgan fingerprint density at radius 2 is 1.59 bits per heavy atom. The Morgan fingerprint density at radius 3 is 2.25 bits per heavy atom. The van der Waals surface area contributed by atoms with E-state index in [4.69, 9.17) is 0 Å². The average molecular weight is 479 g/mol. The van der Waals surface area contributed by atoms with Gasteiger partial charge < -0.3 is 4.74 Å². The zero-order valence-electron chi connectivity index (χ0n) is 15.6. The fraction of sp³-hybridized carbons (Fsp3) is 0.100. The molecule has 0 saturated carbocycles. The van der Waals surface area contributed by atoms with Gasteiger partial charge in [-0.25, -0.2) is 17.2 Å². The molecule has 0 aromatic heterocycles. The Bertz CT molecular complexity index is 1240. The van der Waals surface area contributed by atoms with Gasteiger partial charge >= 0.3 is 12.8 Å². The number of rotatable bonds is 6. The lowest BCUT2D eigenvalue weighted by Crippen LogP contribution is -2.15. The van der Waals surface area contributed by atoms with Gasteiger partial charge in [0.1, 0.15) is 17.4 Å². The van der Waals surface area contributed by atoms with Gasteiger partial charge in [0.05, 0.1) is 16.1 Å². The van der Waals surface area contributed by atoms with Crippen LogP contribution < -0.4 is 9.46 Å². The highest BCUT2D eigenvalue weighted by Crippen LogP contribution is 2.33. The molecule has 0 saturated heterocycles. The van der Waals surface area contributed by atoms with Crippen LogP contribution in [0.15, 0.2) is 65.6 Å². The zero-order valence-corrected chi connectivity index (χ0v) is 16.4. The van der Waals surface area contributed by atoms with Crippen molar-refractivity contribution >= 4 is 15.7 Å². The van der Waals surface area contributed by atoms with Crippen molar-refractivity contribution in [3.05, 3.63) is 77.9 Å². The molecule has 3 aromatic carbocycles. The summed E-state index contributed by atoms with van der Waals surface area (Å²) in [7, 11) is -4.64. The predicted octanol–water partition coefficient (Wildman–Crippen LogP) is 6.05. The van der Waals surface area contributed by atoms with E-state index < -0.39 is 56.3 Å². The van der Waals surface area contributed by atoms with Gasteiger partial charge in [0.2, 0.25) is 0 Å². The van der Waals surface area contributed by atoms with Crippen molar-refractivity contribution in [1.29, 1.82) is 0 Å². The summed E-state index contributed by atoms with van der Waals surface area (Å²) in [6.45, 7) is -3.23. The molecular formula is C20H12F7NO3S. The SMILES string of the molecule is O=S(=O)(Nc1cc(-c2cc(F)cc(OC(F)F)c2)ccc1F)c1cccc(C(F)(F)F)c1. The van der Waals surface area contributed by atoms with Crippen LogP contribution in [0.25, 0.3) is 11.1 Å². The van der Waals surface area contributed by atoms with E-state index >= 15 is 0 Å². The van der Waals surface area contributed by atoms with Gasteiger partial charge in [0.15, 0.2) is 0 Å². The van der Waals surface area contributed by atoms with E-state index in [0.717, 1.165) is 42.5 Å². The van der Waals surface area contributed by atoms with Crippen molar-refractivity contribution in [2.45, 2.75) is 17.7 Å². The molecule has 0 aliphatic heterocycles. The average Bonchev–Trinajstić information content (AvgIpc) is 2.68. The Kier molecular flexibility index (Phi) is 6.35. The molecule has 0 bridgehead atoms.